The molecule has 162 valence electrons. The topological polar surface area (TPSA) is 98.7 Å². The second-order valence-corrected chi connectivity index (χ2v) is 7.54. The molecular formula is C24H27N3O4. The number of benzene rings is 2. The predicted octanol–water partition coefficient (Wildman–Crippen LogP) is 2.27. The Hall–Kier alpha value is -3.45. The van der Waals surface area contributed by atoms with Crippen molar-refractivity contribution in [2.75, 3.05) is 18.4 Å². The van der Waals surface area contributed by atoms with Crippen LogP contribution in [0.2, 0.25) is 0 Å². The van der Waals surface area contributed by atoms with Crippen molar-refractivity contribution in [3.63, 3.8) is 0 Å². The van der Waals surface area contributed by atoms with E-state index in [9.17, 15) is 19.5 Å². The summed E-state index contributed by atoms with van der Waals surface area (Å²) in [4.78, 5) is 38.4. The Morgan fingerprint density at radius 2 is 1.90 bits per heavy atom. The van der Waals surface area contributed by atoms with Gasteiger partial charge < -0.3 is 20.6 Å². The number of hydrogen-bond acceptors (Lipinski definition) is 4. The molecule has 0 bridgehead atoms. The van der Waals surface area contributed by atoms with Gasteiger partial charge in [0.1, 0.15) is 0 Å². The number of β-amino-alcohol motifs (C(OH)–C–C–N with tert-alkyl or cyclic N) is 1. The van der Waals surface area contributed by atoms with Crippen molar-refractivity contribution in [2.45, 2.75) is 31.9 Å². The predicted molar refractivity (Wildman–Crippen MR) is 118 cm³/mol. The SMILES string of the molecule is C=CC(=O)NCc1ccccc1CC(=O)Nc1cccc(C(=O)N2CCCC(O)C2)c1. The van der Waals surface area contributed by atoms with E-state index < -0.39 is 6.10 Å². The average molecular weight is 421 g/mol. The monoisotopic (exact) mass is 421 g/mol. The van der Waals surface area contributed by atoms with E-state index in [1.807, 2.05) is 24.3 Å². The van der Waals surface area contributed by atoms with Crippen LogP contribution in [0.1, 0.15) is 34.3 Å². The summed E-state index contributed by atoms with van der Waals surface area (Å²) in [7, 11) is 0. The molecule has 1 unspecified atom stereocenters. The van der Waals surface area contributed by atoms with Crippen LogP contribution in [-0.2, 0) is 22.6 Å². The first-order valence-corrected chi connectivity index (χ1v) is 10.3. The quantitative estimate of drug-likeness (QED) is 0.597. The third kappa shape index (κ3) is 6.26. The van der Waals surface area contributed by atoms with Crippen LogP contribution in [0, 0.1) is 0 Å². The average Bonchev–Trinajstić information content (AvgIpc) is 2.77. The molecule has 3 rings (SSSR count). The number of amides is 3. The number of nitrogens with one attached hydrogen (secondary N) is 2. The highest BCUT2D eigenvalue weighted by atomic mass is 16.3. The lowest BCUT2D eigenvalue weighted by atomic mass is 10.0. The molecule has 7 nitrogen and oxygen atoms in total. The number of likely N-dealkylation sites (tertiary alicyclic amines) is 1. The van der Waals surface area contributed by atoms with Crippen LogP contribution in [0.25, 0.3) is 0 Å². The fraction of sp³-hybridized carbons (Fsp3) is 0.292. The standard InChI is InChI=1S/C24H27N3O4/c1-2-22(29)25-15-19-8-4-3-7-17(19)14-23(30)26-20-10-5-9-18(13-20)24(31)27-12-6-11-21(28)16-27/h2-5,7-10,13,21,28H,1,6,11-12,14-16H2,(H,25,29)(H,26,30). The Kier molecular flexibility index (Phi) is 7.56. The number of aliphatic hydroxyl groups is 1. The van der Waals surface area contributed by atoms with E-state index in [0.29, 0.717) is 37.3 Å². The van der Waals surface area contributed by atoms with E-state index in [1.165, 1.54) is 6.08 Å². The van der Waals surface area contributed by atoms with Crippen LogP contribution in [-0.4, -0.2) is 46.9 Å². The summed E-state index contributed by atoms with van der Waals surface area (Å²) in [6.45, 7) is 4.68. The second kappa shape index (κ2) is 10.5. The van der Waals surface area contributed by atoms with Crippen LogP contribution in [0.15, 0.2) is 61.2 Å². The summed E-state index contributed by atoms with van der Waals surface area (Å²) in [6, 6.07) is 14.2. The van der Waals surface area contributed by atoms with E-state index in [0.717, 1.165) is 17.5 Å². The molecule has 0 aromatic heterocycles. The molecule has 1 heterocycles. The van der Waals surface area contributed by atoms with Crippen molar-refractivity contribution in [1.82, 2.24) is 10.2 Å². The Morgan fingerprint density at radius 1 is 1.13 bits per heavy atom. The molecule has 1 aliphatic rings. The third-order valence-corrected chi connectivity index (χ3v) is 5.18. The largest absolute Gasteiger partial charge is 0.391 e. The van der Waals surface area contributed by atoms with Gasteiger partial charge >= 0.3 is 0 Å². The van der Waals surface area contributed by atoms with Crippen molar-refractivity contribution in [3.8, 4) is 0 Å². The van der Waals surface area contributed by atoms with Gasteiger partial charge in [0, 0.05) is 30.9 Å². The van der Waals surface area contributed by atoms with Crippen LogP contribution < -0.4 is 10.6 Å². The van der Waals surface area contributed by atoms with Crippen molar-refractivity contribution >= 4 is 23.4 Å². The molecule has 2 aromatic carbocycles. The van der Waals surface area contributed by atoms with E-state index in [4.69, 9.17) is 0 Å². The maximum atomic E-state index is 12.7. The molecule has 1 saturated heterocycles. The first-order chi connectivity index (χ1) is 15.0. The molecule has 0 radical (unpaired) electrons. The Balaban J connectivity index is 1.64. The van der Waals surface area contributed by atoms with Gasteiger partial charge in [0.2, 0.25) is 11.8 Å². The smallest absolute Gasteiger partial charge is 0.254 e. The van der Waals surface area contributed by atoms with Crippen molar-refractivity contribution in [2.24, 2.45) is 0 Å². The number of nitrogens with zero attached hydrogens (tertiary/aromatic N) is 1. The number of anilines is 1. The molecule has 0 saturated carbocycles. The van der Waals surface area contributed by atoms with Gasteiger partial charge in [-0.1, -0.05) is 36.9 Å². The number of rotatable bonds is 7. The lowest BCUT2D eigenvalue weighted by Gasteiger charge is -2.30. The normalized spacial score (nSPS) is 15.8. The maximum absolute atomic E-state index is 12.7. The number of carbonyl (C=O) groups is 3. The van der Waals surface area contributed by atoms with E-state index in [2.05, 4.69) is 17.2 Å². The van der Waals surface area contributed by atoms with E-state index in [1.54, 1.807) is 29.2 Å². The minimum Gasteiger partial charge on any atom is -0.391 e. The van der Waals surface area contributed by atoms with Gasteiger partial charge in [0.15, 0.2) is 0 Å². The molecule has 1 fully saturated rings. The minimum atomic E-state index is -0.489. The Labute approximate surface area is 181 Å². The van der Waals surface area contributed by atoms with Gasteiger partial charge in [-0.2, -0.15) is 0 Å². The first-order valence-electron chi connectivity index (χ1n) is 10.3. The Morgan fingerprint density at radius 3 is 2.65 bits per heavy atom. The molecule has 31 heavy (non-hydrogen) atoms. The highest BCUT2D eigenvalue weighted by molar-refractivity contribution is 5.97. The zero-order chi connectivity index (χ0) is 22.2. The van der Waals surface area contributed by atoms with Gasteiger partial charge in [-0.15, -0.1) is 0 Å². The summed E-state index contributed by atoms with van der Waals surface area (Å²) < 4.78 is 0. The first kappa shape index (κ1) is 22.2. The molecule has 3 amide bonds. The maximum Gasteiger partial charge on any atom is 0.254 e. The van der Waals surface area contributed by atoms with Gasteiger partial charge in [0.25, 0.3) is 5.91 Å². The number of aliphatic hydroxyl groups excluding tert-OH is 1. The van der Waals surface area contributed by atoms with Gasteiger partial charge in [-0.3, -0.25) is 14.4 Å². The number of carbonyl (C=O) groups excluding carboxylic acids is 3. The summed E-state index contributed by atoms with van der Waals surface area (Å²) in [6.07, 6.45) is 2.33. The van der Waals surface area contributed by atoms with Crippen molar-refractivity contribution < 1.29 is 19.5 Å². The highest BCUT2D eigenvalue weighted by Gasteiger charge is 2.23. The lowest BCUT2D eigenvalue weighted by molar-refractivity contribution is -0.116. The van der Waals surface area contributed by atoms with Crippen LogP contribution in [0.4, 0.5) is 5.69 Å². The summed E-state index contributed by atoms with van der Waals surface area (Å²) in [5, 5.41) is 15.4. The molecule has 2 aromatic rings. The molecule has 1 atom stereocenters. The fourth-order valence-corrected chi connectivity index (χ4v) is 3.59. The number of hydrogen-bond donors (Lipinski definition) is 3. The summed E-state index contributed by atoms with van der Waals surface area (Å²) in [5.41, 5.74) is 2.66. The summed E-state index contributed by atoms with van der Waals surface area (Å²) in [5.74, 6) is -0.652. The highest BCUT2D eigenvalue weighted by Crippen LogP contribution is 2.17. The zero-order valence-corrected chi connectivity index (χ0v) is 17.3. The van der Waals surface area contributed by atoms with Crippen LogP contribution in [0.5, 0.6) is 0 Å². The van der Waals surface area contributed by atoms with Crippen LogP contribution >= 0.6 is 0 Å². The molecular weight excluding hydrogens is 394 g/mol. The molecule has 3 N–H and O–H groups in total. The lowest BCUT2D eigenvalue weighted by Crippen LogP contribution is -2.42. The second-order valence-electron chi connectivity index (χ2n) is 7.54. The Bertz CT molecular complexity index is 973. The van der Waals surface area contributed by atoms with Gasteiger partial charge in [0.05, 0.1) is 12.5 Å². The molecule has 0 aliphatic carbocycles. The molecule has 1 aliphatic heterocycles. The van der Waals surface area contributed by atoms with Gasteiger partial charge in [-0.05, 0) is 48.2 Å². The van der Waals surface area contributed by atoms with E-state index in [-0.39, 0.29) is 24.1 Å². The number of piperidine rings is 1. The minimum absolute atomic E-state index is 0.136. The van der Waals surface area contributed by atoms with Crippen molar-refractivity contribution in [1.29, 1.82) is 0 Å². The fourth-order valence-electron chi connectivity index (χ4n) is 3.59. The zero-order valence-electron chi connectivity index (χ0n) is 17.3. The van der Waals surface area contributed by atoms with Crippen molar-refractivity contribution in [3.05, 3.63) is 77.9 Å². The summed E-state index contributed by atoms with van der Waals surface area (Å²) >= 11 is 0. The van der Waals surface area contributed by atoms with Crippen LogP contribution in [0.3, 0.4) is 0 Å². The third-order valence-electron chi connectivity index (χ3n) is 5.18. The molecule has 7 heteroatoms. The molecule has 0 spiro atoms. The van der Waals surface area contributed by atoms with E-state index >= 15 is 0 Å². The van der Waals surface area contributed by atoms with Gasteiger partial charge in [-0.25, -0.2) is 0 Å².